The Morgan fingerprint density at radius 2 is 2.03 bits per heavy atom. The molecule has 0 aliphatic heterocycles. The summed E-state index contributed by atoms with van der Waals surface area (Å²) in [5, 5.41) is 19.3. The zero-order valence-electron chi connectivity index (χ0n) is 19.9. The van der Waals surface area contributed by atoms with Crippen LogP contribution in [0.25, 0.3) is 16.9 Å². The molecule has 0 saturated heterocycles. The van der Waals surface area contributed by atoms with Crippen LogP contribution in [0.4, 0.5) is 10.2 Å². The topological polar surface area (TPSA) is 67.1 Å². The molecule has 0 bridgehead atoms. The second-order valence-electron chi connectivity index (χ2n) is 9.82. The first kappa shape index (κ1) is 23.2. The average molecular weight is 452 g/mol. The number of phenols is 1. The van der Waals surface area contributed by atoms with E-state index in [-0.39, 0.29) is 17.2 Å². The van der Waals surface area contributed by atoms with Crippen molar-refractivity contribution in [1.82, 2.24) is 19.7 Å². The van der Waals surface area contributed by atoms with Crippen LogP contribution in [0.1, 0.15) is 52.9 Å². The number of anilines is 1. The van der Waals surface area contributed by atoms with E-state index in [0.717, 1.165) is 37.8 Å². The minimum absolute atomic E-state index is 0.119. The monoisotopic (exact) mass is 451 g/mol. The Hall–Kier alpha value is -2.96. The molecule has 2 heterocycles. The molecule has 1 aliphatic rings. The molecule has 7 heteroatoms. The number of alkyl halides is 1. The lowest BCUT2D eigenvalue weighted by molar-refractivity contribution is 0.0791. The lowest BCUT2D eigenvalue weighted by Gasteiger charge is -2.39. The van der Waals surface area contributed by atoms with E-state index in [1.807, 2.05) is 47.0 Å². The van der Waals surface area contributed by atoms with Crippen molar-refractivity contribution >= 4 is 5.82 Å². The standard InChI is InChI=1S/C26H34FN5O/c1-5-12-26(3)16-18(2)6-10-22(25(26)27)31(4)24-11-9-21(29-30-24)20-8-7-19(15-23(20)33)32-14-13-28-17-32/h7-9,11,13-15,17-18,22,25,33H,5-6,10,12,16H2,1-4H3/t18?,22-,25+,26+/m0/s1. The van der Waals surface area contributed by atoms with Gasteiger partial charge >= 0.3 is 0 Å². The number of hydrogen-bond acceptors (Lipinski definition) is 5. The quantitative estimate of drug-likeness (QED) is 0.480. The molecule has 4 atom stereocenters. The Bertz CT molecular complexity index is 1060. The first-order valence-corrected chi connectivity index (χ1v) is 11.8. The van der Waals surface area contributed by atoms with E-state index in [2.05, 4.69) is 36.0 Å². The maximum Gasteiger partial charge on any atom is 0.151 e. The third kappa shape index (κ3) is 4.72. The maximum atomic E-state index is 15.9. The molecule has 1 N–H and O–H groups in total. The van der Waals surface area contributed by atoms with Crippen molar-refractivity contribution in [2.45, 2.75) is 65.1 Å². The molecule has 3 aromatic rings. The second kappa shape index (κ2) is 9.49. The SMILES string of the molecule is CCC[C@]1(C)CC(C)CC[C@H](N(C)c2ccc(-c3ccc(-n4ccnc4)cc3O)nn2)[C@H]1F. The van der Waals surface area contributed by atoms with Crippen LogP contribution in [0.3, 0.4) is 0 Å². The molecule has 4 rings (SSSR count). The molecular weight excluding hydrogens is 417 g/mol. The molecule has 0 spiro atoms. The molecule has 1 fully saturated rings. The summed E-state index contributed by atoms with van der Waals surface area (Å²) in [6.07, 6.45) is 8.87. The van der Waals surface area contributed by atoms with Gasteiger partial charge in [-0.05, 0) is 55.9 Å². The van der Waals surface area contributed by atoms with Gasteiger partial charge in [-0.2, -0.15) is 0 Å². The van der Waals surface area contributed by atoms with Gasteiger partial charge in [-0.25, -0.2) is 9.37 Å². The van der Waals surface area contributed by atoms with Gasteiger partial charge in [0, 0.05) is 36.5 Å². The van der Waals surface area contributed by atoms with Gasteiger partial charge in [-0.15, -0.1) is 10.2 Å². The van der Waals surface area contributed by atoms with E-state index in [0.29, 0.717) is 23.0 Å². The summed E-state index contributed by atoms with van der Waals surface area (Å²) in [4.78, 5) is 5.99. The number of benzene rings is 1. The number of phenolic OH excluding ortho intramolecular Hbond substituents is 1. The summed E-state index contributed by atoms with van der Waals surface area (Å²) in [6, 6.07) is 8.86. The number of imidazole rings is 1. The zero-order chi connectivity index (χ0) is 23.6. The largest absolute Gasteiger partial charge is 0.507 e. The predicted molar refractivity (Wildman–Crippen MR) is 129 cm³/mol. The van der Waals surface area contributed by atoms with Gasteiger partial charge in [-0.1, -0.05) is 27.2 Å². The lowest BCUT2D eigenvalue weighted by Crippen LogP contribution is -2.46. The molecule has 1 aromatic carbocycles. The molecule has 6 nitrogen and oxygen atoms in total. The van der Waals surface area contributed by atoms with Crippen LogP contribution < -0.4 is 4.90 Å². The highest BCUT2D eigenvalue weighted by molar-refractivity contribution is 5.69. The first-order chi connectivity index (χ1) is 15.8. The molecular formula is C26H34FN5O. The molecule has 0 radical (unpaired) electrons. The van der Waals surface area contributed by atoms with Crippen LogP contribution in [-0.2, 0) is 0 Å². The van der Waals surface area contributed by atoms with Crippen molar-refractivity contribution in [3.63, 3.8) is 0 Å². The van der Waals surface area contributed by atoms with E-state index >= 15 is 4.39 Å². The number of aromatic hydroxyl groups is 1. The second-order valence-corrected chi connectivity index (χ2v) is 9.82. The van der Waals surface area contributed by atoms with Crippen molar-refractivity contribution in [2.75, 3.05) is 11.9 Å². The third-order valence-electron chi connectivity index (χ3n) is 7.16. The van der Waals surface area contributed by atoms with Crippen molar-refractivity contribution < 1.29 is 9.50 Å². The summed E-state index contributed by atoms with van der Waals surface area (Å²) >= 11 is 0. The molecule has 33 heavy (non-hydrogen) atoms. The normalized spacial score (nSPS) is 25.5. The van der Waals surface area contributed by atoms with Crippen molar-refractivity contribution in [3.8, 4) is 22.7 Å². The van der Waals surface area contributed by atoms with Crippen LogP contribution in [-0.4, -0.2) is 44.1 Å². The fraction of sp³-hybridized carbons (Fsp3) is 0.500. The summed E-state index contributed by atoms with van der Waals surface area (Å²) in [5.74, 6) is 1.28. The molecule has 2 aromatic heterocycles. The number of hydrogen-bond donors (Lipinski definition) is 1. The molecule has 176 valence electrons. The Morgan fingerprint density at radius 3 is 2.67 bits per heavy atom. The van der Waals surface area contributed by atoms with Crippen LogP contribution >= 0.6 is 0 Å². The summed E-state index contributed by atoms with van der Waals surface area (Å²) < 4.78 is 17.7. The van der Waals surface area contributed by atoms with Gasteiger partial charge in [0.1, 0.15) is 11.9 Å². The minimum Gasteiger partial charge on any atom is -0.507 e. The number of nitrogens with zero attached hydrogens (tertiary/aromatic N) is 5. The molecule has 0 amide bonds. The van der Waals surface area contributed by atoms with Gasteiger partial charge in [-0.3, -0.25) is 0 Å². The van der Waals surface area contributed by atoms with Crippen LogP contribution in [0.15, 0.2) is 49.1 Å². The fourth-order valence-corrected chi connectivity index (χ4v) is 5.41. The highest BCUT2D eigenvalue weighted by atomic mass is 19.1. The van der Waals surface area contributed by atoms with E-state index in [9.17, 15) is 5.11 Å². The highest BCUT2D eigenvalue weighted by Gasteiger charge is 2.44. The summed E-state index contributed by atoms with van der Waals surface area (Å²) in [7, 11) is 1.92. The van der Waals surface area contributed by atoms with Gasteiger partial charge in [0.05, 0.1) is 23.8 Å². The van der Waals surface area contributed by atoms with Crippen LogP contribution in [0.2, 0.25) is 0 Å². The van der Waals surface area contributed by atoms with Crippen molar-refractivity contribution in [3.05, 3.63) is 49.1 Å². The lowest BCUT2D eigenvalue weighted by atomic mass is 9.74. The highest BCUT2D eigenvalue weighted by Crippen LogP contribution is 2.44. The number of aromatic nitrogens is 4. The Morgan fingerprint density at radius 1 is 1.21 bits per heavy atom. The van der Waals surface area contributed by atoms with E-state index in [1.54, 1.807) is 18.6 Å². The molecule has 1 saturated carbocycles. The maximum absolute atomic E-state index is 15.9. The molecule has 1 unspecified atom stereocenters. The third-order valence-corrected chi connectivity index (χ3v) is 7.16. The summed E-state index contributed by atoms with van der Waals surface area (Å²) in [6.45, 7) is 6.48. The summed E-state index contributed by atoms with van der Waals surface area (Å²) in [5.41, 5.74) is 1.66. The first-order valence-electron chi connectivity index (χ1n) is 11.8. The predicted octanol–water partition coefficient (Wildman–Crippen LogP) is 5.80. The van der Waals surface area contributed by atoms with Gasteiger partial charge in [0.15, 0.2) is 5.82 Å². The average Bonchev–Trinajstić information content (AvgIpc) is 3.31. The smallest absolute Gasteiger partial charge is 0.151 e. The van der Waals surface area contributed by atoms with E-state index in [1.165, 1.54) is 0 Å². The van der Waals surface area contributed by atoms with Gasteiger partial charge in [0.25, 0.3) is 0 Å². The zero-order valence-corrected chi connectivity index (χ0v) is 19.9. The van der Waals surface area contributed by atoms with E-state index in [4.69, 9.17) is 0 Å². The molecule has 1 aliphatic carbocycles. The Balaban J connectivity index is 1.55. The minimum atomic E-state index is -0.923. The number of rotatable bonds is 6. The van der Waals surface area contributed by atoms with Crippen LogP contribution in [0, 0.1) is 11.3 Å². The Labute approximate surface area is 195 Å². The van der Waals surface area contributed by atoms with E-state index < -0.39 is 6.17 Å². The van der Waals surface area contributed by atoms with Crippen molar-refractivity contribution in [1.29, 1.82) is 0 Å². The van der Waals surface area contributed by atoms with Crippen LogP contribution in [0.5, 0.6) is 5.75 Å². The van der Waals surface area contributed by atoms with Gasteiger partial charge < -0.3 is 14.6 Å². The van der Waals surface area contributed by atoms with Crippen molar-refractivity contribution in [2.24, 2.45) is 11.3 Å². The fourth-order valence-electron chi connectivity index (χ4n) is 5.41. The number of halogens is 1. The Kier molecular flexibility index (Phi) is 6.68. The van der Waals surface area contributed by atoms with Gasteiger partial charge in [0.2, 0.25) is 0 Å².